The number of hydrogen-bond donors (Lipinski definition) is 2. The van der Waals surface area contributed by atoms with E-state index in [-0.39, 0.29) is 5.75 Å². The highest BCUT2D eigenvalue weighted by Gasteiger charge is 2.12. The summed E-state index contributed by atoms with van der Waals surface area (Å²) in [5.74, 6) is 0.301. The van der Waals surface area contributed by atoms with Crippen molar-refractivity contribution in [2.45, 2.75) is 6.61 Å². The van der Waals surface area contributed by atoms with E-state index in [9.17, 15) is 9.90 Å². The van der Waals surface area contributed by atoms with Gasteiger partial charge in [-0.05, 0) is 42.0 Å². The lowest BCUT2D eigenvalue weighted by atomic mass is 10.2. The van der Waals surface area contributed by atoms with Crippen LogP contribution in [0.1, 0.15) is 21.5 Å². The van der Waals surface area contributed by atoms with Gasteiger partial charge in [0.25, 0.3) is 5.91 Å². The number of carbonyl (C=O) groups is 1. The van der Waals surface area contributed by atoms with Gasteiger partial charge in [-0.3, -0.25) is 4.79 Å². The van der Waals surface area contributed by atoms with Gasteiger partial charge in [-0.15, -0.1) is 0 Å². The number of hydrogen-bond acceptors (Lipinski definition) is 5. The van der Waals surface area contributed by atoms with E-state index in [1.165, 1.54) is 13.3 Å². The molecule has 0 bridgehead atoms. The molecule has 2 N–H and O–H groups in total. The lowest BCUT2D eigenvalue weighted by Gasteiger charge is -2.11. The van der Waals surface area contributed by atoms with E-state index >= 15 is 0 Å². The maximum Gasteiger partial charge on any atom is 0.275 e. The Morgan fingerprint density at radius 2 is 1.86 bits per heavy atom. The monoisotopic (exact) mass is 454 g/mol. The van der Waals surface area contributed by atoms with E-state index in [0.717, 1.165) is 10.0 Å². The number of ether oxygens (including phenoxy) is 2. The molecule has 0 radical (unpaired) electrons. The van der Waals surface area contributed by atoms with Crippen LogP contribution in [-0.2, 0) is 6.61 Å². The molecule has 3 rings (SSSR count). The minimum Gasteiger partial charge on any atom is -0.504 e. The zero-order chi connectivity index (χ0) is 20.6. The minimum atomic E-state index is -0.423. The topological polar surface area (TPSA) is 80.2 Å². The molecule has 0 heterocycles. The zero-order valence-electron chi connectivity index (χ0n) is 15.6. The Balaban J connectivity index is 1.68. The number of phenolic OH excluding ortho intramolecular Hbond substituents is 1. The van der Waals surface area contributed by atoms with E-state index in [2.05, 4.69) is 26.5 Å². The number of methoxy groups -OCH3 is 1. The number of nitrogens with zero attached hydrogens (tertiary/aromatic N) is 1. The third-order valence-corrected chi connectivity index (χ3v) is 4.53. The summed E-state index contributed by atoms with van der Waals surface area (Å²) in [7, 11) is 1.46. The normalized spacial score (nSPS) is 10.7. The van der Waals surface area contributed by atoms with Crippen LogP contribution in [0.2, 0.25) is 0 Å². The predicted octanol–water partition coefficient (Wildman–Crippen LogP) is 4.51. The van der Waals surface area contributed by atoms with Gasteiger partial charge in [0.2, 0.25) is 0 Å². The molecule has 148 valence electrons. The van der Waals surface area contributed by atoms with Crippen LogP contribution in [0, 0.1) is 0 Å². The van der Waals surface area contributed by atoms with Crippen molar-refractivity contribution in [2.24, 2.45) is 5.10 Å². The molecule has 7 heteroatoms. The van der Waals surface area contributed by atoms with Crippen LogP contribution < -0.4 is 14.9 Å². The lowest BCUT2D eigenvalue weighted by Crippen LogP contribution is -2.18. The van der Waals surface area contributed by atoms with Gasteiger partial charge < -0.3 is 14.6 Å². The Bertz CT molecular complexity index is 1040. The quantitative estimate of drug-likeness (QED) is 0.406. The average Bonchev–Trinajstić information content (AvgIpc) is 2.73. The van der Waals surface area contributed by atoms with E-state index in [1.807, 2.05) is 24.3 Å². The molecule has 0 fully saturated rings. The molecule has 3 aromatic carbocycles. The van der Waals surface area contributed by atoms with Crippen LogP contribution in [0.3, 0.4) is 0 Å². The predicted molar refractivity (Wildman–Crippen MR) is 115 cm³/mol. The largest absolute Gasteiger partial charge is 0.504 e. The molecule has 0 saturated carbocycles. The summed E-state index contributed by atoms with van der Waals surface area (Å²) in [6.45, 7) is 0.324. The number of carbonyl (C=O) groups excluding carboxylic acids is 1. The summed E-state index contributed by atoms with van der Waals surface area (Å²) in [4.78, 5) is 12.5. The molecule has 6 nitrogen and oxygen atoms in total. The van der Waals surface area contributed by atoms with Crippen molar-refractivity contribution in [2.75, 3.05) is 7.11 Å². The first-order valence-electron chi connectivity index (χ1n) is 8.74. The highest BCUT2D eigenvalue weighted by atomic mass is 79.9. The van der Waals surface area contributed by atoms with Crippen molar-refractivity contribution in [3.63, 3.8) is 0 Å². The molecule has 0 aromatic heterocycles. The van der Waals surface area contributed by atoms with Crippen molar-refractivity contribution >= 4 is 28.1 Å². The van der Waals surface area contributed by atoms with Crippen molar-refractivity contribution in [1.29, 1.82) is 0 Å². The van der Waals surface area contributed by atoms with Crippen molar-refractivity contribution in [1.82, 2.24) is 5.43 Å². The fourth-order valence-electron chi connectivity index (χ4n) is 2.60. The number of aromatic hydroxyl groups is 1. The molecule has 0 saturated heterocycles. The summed E-state index contributed by atoms with van der Waals surface area (Å²) in [5.41, 5.74) is 4.20. The molecular formula is C22H19BrN2O4. The zero-order valence-corrected chi connectivity index (χ0v) is 17.2. The van der Waals surface area contributed by atoms with Gasteiger partial charge in [-0.2, -0.15) is 5.10 Å². The Morgan fingerprint density at radius 1 is 1.10 bits per heavy atom. The molecule has 0 aliphatic carbocycles. The first-order valence-corrected chi connectivity index (χ1v) is 9.53. The van der Waals surface area contributed by atoms with Crippen LogP contribution >= 0.6 is 15.9 Å². The number of para-hydroxylation sites is 2. The molecule has 29 heavy (non-hydrogen) atoms. The van der Waals surface area contributed by atoms with Crippen LogP contribution in [0.5, 0.6) is 17.2 Å². The Hall–Kier alpha value is -3.32. The van der Waals surface area contributed by atoms with Crippen molar-refractivity contribution in [3.05, 3.63) is 87.9 Å². The van der Waals surface area contributed by atoms with Crippen LogP contribution in [-0.4, -0.2) is 24.3 Å². The first-order chi connectivity index (χ1) is 14.1. The van der Waals surface area contributed by atoms with E-state index in [4.69, 9.17) is 9.47 Å². The van der Waals surface area contributed by atoms with Gasteiger partial charge in [-0.25, -0.2) is 5.43 Å². The third kappa shape index (κ3) is 5.36. The summed E-state index contributed by atoms with van der Waals surface area (Å²) in [6, 6.07) is 19.7. The molecule has 0 atom stereocenters. The van der Waals surface area contributed by atoms with Gasteiger partial charge >= 0.3 is 0 Å². The van der Waals surface area contributed by atoms with Gasteiger partial charge in [0, 0.05) is 10.0 Å². The van der Waals surface area contributed by atoms with E-state index in [0.29, 0.717) is 29.2 Å². The number of rotatable bonds is 7. The van der Waals surface area contributed by atoms with Crippen LogP contribution in [0.15, 0.2) is 76.3 Å². The smallest absolute Gasteiger partial charge is 0.275 e. The van der Waals surface area contributed by atoms with E-state index in [1.54, 1.807) is 42.5 Å². The van der Waals surface area contributed by atoms with Crippen molar-refractivity contribution < 1.29 is 19.4 Å². The number of halogens is 1. The molecule has 0 unspecified atom stereocenters. The fourth-order valence-corrected chi connectivity index (χ4v) is 3.04. The second-order valence-electron chi connectivity index (χ2n) is 6.01. The summed E-state index contributed by atoms with van der Waals surface area (Å²) < 4.78 is 11.8. The third-order valence-electron chi connectivity index (χ3n) is 4.03. The summed E-state index contributed by atoms with van der Waals surface area (Å²) in [5, 5.41) is 14.0. The van der Waals surface area contributed by atoms with Crippen LogP contribution in [0.4, 0.5) is 0 Å². The van der Waals surface area contributed by atoms with Gasteiger partial charge in [0.05, 0.1) is 18.9 Å². The van der Waals surface area contributed by atoms with Gasteiger partial charge in [0.15, 0.2) is 11.5 Å². The Morgan fingerprint density at radius 3 is 2.66 bits per heavy atom. The highest BCUT2D eigenvalue weighted by molar-refractivity contribution is 9.10. The maximum atomic E-state index is 12.5. The minimum absolute atomic E-state index is 0.0502. The molecule has 0 aliphatic rings. The fraction of sp³-hybridized carbons (Fsp3) is 0.0909. The first kappa shape index (κ1) is 20.4. The van der Waals surface area contributed by atoms with Crippen molar-refractivity contribution in [3.8, 4) is 17.2 Å². The highest BCUT2D eigenvalue weighted by Crippen LogP contribution is 2.28. The van der Waals surface area contributed by atoms with Gasteiger partial charge in [0.1, 0.15) is 12.4 Å². The summed E-state index contributed by atoms with van der Waals surface area (Å²) in [6.07, 6.45) is 1.35. The summed E-state index contributed by atoms with van der Waals surface area (Å²) >= 11 is 3.43. The Kier molecular flexibility index (Phi) is 6.86. The SMILES string of the molecule is COc1cccc(C=NNC(=O)c2ccccc2OCc2cccc(Br)c2)c1O. The molecular weight excluding hydrogens is 436 g/mol. The Labute approximate surface area is 176 Å². The number of hydrazone groups is 1. The number of nitrogens with one attached hydrogen (secondary N) is 1. The number of phenols is 1. The second-order valence-corrected chi connectivity index (χ2v) is 6.93. The average molecular weight is 455 g/mol. The molecule has 0 spiro atoms. The lowest BCUT2D eigenvalue weighted by molar-refractivity contribution is 0.0950. The molecule has 3 aromatic rings. The standard InChI is InChI=1S/C22H19BrN2O4/c1-28-20-11-5-7-16(21(20)26)13-24-25-22(27)18-9-2-3-10-19(18)29-14-15-6-4-8-17(23)12-15/h2-13,26H,14H2,1H3,(H,25,27). The number of amides is 1. The van der Waals surface area contributed by atoms with E-state index < -0.39 is 5.91 Å². The molecule has 0 aliphatic heterocycles. The molecule has 1 amide bonds. The second kappa shape index (κ2) is 9.75. The van der Waals surface area contributed by atoms with Crippen LogP contribution in [0.25, 0.3) is 0 Å². The number of benzene rings is 3. The van der Waals surface area contributed by atoms with Gasteiger partial charge in [-0.1, -0.05) is 46.3 Å². The maximum absolute atomic E-state index is 12.5.